The topological polar surface area (TPSA) is 52.1 Å². The lowest BCUT2D eigenvalue weighted by Gasteiger charge is -2.23. The molecular weight excluding hydrogens is 552 g/mol. The molecule has 0 saturated carbocycles. The SMILES string of the molecule is CC(C)c1cc(C(C)C)c(-c2cccc3c2oc2c3ccc3c4cccc(-c5cc(C(C)(C)C)ncn5)c4oc32)c(C(C)C)c1. The average Bonchev–Trinajstić information content (AvgIpc) is 3.58. The van der Waals surface area contributed by atoms with E-state index < -0.39 is 0 Å². The second-order valence-corrected chi connectivity index (χ2v) is 14.5. The first-order valence-corrected chi connectivity index (χ1v) is 16.2. The Kier molecular flexibility index (Phi) is 6.88. The van der Waals surface area contributed by atoms with Crippen LogP contribution < -0.4 is 0 Å². The minimum Gasteiger partial charge on any atom is -0.451 e. The molecular formula is C41H42N2O2. The Balaban J connectivity index is 1.50. The highest BCUT2D eigenvalue weighted by Gasteiger charge is 2.24. The van der Waals surface area contributed by atoms with Crippen molar-refractivity contribution in [1.82, 2.24) is 9.97 Å². The number of aromatic nitrogens is 2. The van der Waals surface area contributed by atoms with Gasteiger partial charge in [0.25, 0.3) is 0 Å². The highest BCUT2D eigenvalue weighted by atomic mass is 16.4. The Morgan fingerprint density at radius 2 is 1.07 bits per heavy atom. The van der Waals surface area contributed by atoms with Crippen molar-refractivity contribution >= 4 is 43.9 Å². The Bertz CT molecular complexity index is 2210. The van der Waals surface area contributed by atoms with Crippen molar-refractivity contribution in [3.63, 3.8) is 0 Å². The van der Waals surface area contributed by atoms with Crippen LogP contribution in [0, 0.1) is 0 Å². The van der Waals surface area contributed by atoms with Gasteiger partial charge in [0.2, 0.25) is 0 Å². The molecule has 4 heteroatoms. The minimum absolute atomic E-state index is 0.0857. The molecule has 0 radical (unpaired) electrons. The van der Waals surface area contributed by atoms with Gasteiger partial charge in [-0.15, -0.1) is 0 Å². The second kappa shape index (κ2) is 10.6. The van der Waals surface area contributed by atoms with Crippen LogP contribution in [-0.2, 0) is 5.41 Å². The Morgan fingerprint density at radius 1 is 0.556 bits per heavy atom. The molecule has 45 heavy (non-hydrogen) atoms. The Morgan fingerprint density at radius 3 is 1.58 bits per heavy atom. The van der Waals surface area contributed by atoms with Crippen LogP contribution in [0.15, 0.2) is 81.9 Å². The standard InChI is InChI=1S/C41H42N2O2/c1-22(2)25-18-32(23(3)4)36(33(19-25)24(5)6)31-15-11-13-27-29-17-16-28-26-12-10-14-30(34-20-35(41(7,8)9)43-21-42-34)37(26)44-39(28)40(29)45-38(27)31/h10-24H,1-9H3. The van der Waals surface area contributed by atoms with E-state index in [9.17, 15) is 0 Å². The van der Waals surface area contributed by atoms with Gasteiger partial charge in [-0.25, -0.2) is 9.97 Å². The molecule has 0 aliphatic heterocycles. The summed E-state index contributed by atoms with van der Waals surface area (Å²) in [5, 5.41) is 4.26. The lowest BCUT2D eigenvalue weighted by atomic mass is 9.81. The third-order valence-electron chi connectivity index (χ3n) is 9.24. The van der Waals surface area contributed by atoms with E-state index in [2.05, 4.69) is 139 Å². The summed E-state index contributed by atoms with van der Waals surface area (Å²) in [7, 11) is 0. The van der Waals surface area contributed by atoms with E-state index in [0.717, 1.165) is 66.4 Å². The number of hydrogen-bond donors (Lipinski definition) is 0. The van der Waals surface area contributed by atoms with Gasteiger partial charge in [-0.1, -0.05) is 105 Å². The van der Waals surface area contributed by atoms with Crippen molar-refractivity contribution in [3.8, 4) is 22.4 Å². The van der Waals surface area contributed by atoms with E-state index in [1.807, 2.05) is 0 Å². The van der Waals surface area contributed by atoms with Crippen molar-refractivity contribution in [3.05, 3.63) is 95.4 Å². The molecule has 0 unspecified atom stereocenters. The molecule has 3 aromatic heterocycles. The second-order valence-electron chi connectivity index (χ2n) is 14.5. The summed E-state index contributed by atoms with van der Waals surface area (Å²) in [6.45, 7) is 20.2. The third-order valence-corrected chi connectivity index (χ3v) is 9.24. The molecule has 7 aromatic rings. The van der Waals surface area contributed by atoms with Gasteiger partial charge < -0.3 is 8.83 Å². The van der Waals surface area contributed by atoms with Crippen LogP contribution in [-0.4, -0.2) is 9.97 Å². The van der Waals surface area contributed by atoms with E-state index in [1.54, 1.807) is 6.33 Å². The van der Waals surface area contributed by atoms with E-state index in [4.69, 9.17) is 8.83 Å². The van der Waals surface area contributed by atoms with Crippen molar-refractivity contribution < 1.29 is 8.83 Å². The number of para-hydroxylation sites is 2. The molecule has 0 N–H and O–H groups in total. The minimum atomic E-state index is -0.0857. The first kappa shape index (κ1) is 29.3. The molecule has 0 atom stereocenters. The maximum atomic E-state index is 6.92. The number of benzene rings is 4. The third kappa shape index (κ3) is 4.74. The fourth-order valence-corrected chi connectivity index (χ4v) is 6.69. The van der Waals surface area contributed by atoms with Crippen molar-refractivity contribution in [2.45, 2.75) is 85.5 Å². The lowest BCUT2D eigenvalue weighted by Crippen LogP contribution is -2.13. The van der Waals surface area contributed by atoms with Crippen molar-refractivity contribution in [2.24, 2.45) is 0 Å². The van der Waals surface area contributed by atoms with E-state index in [1.165, 1.54) is 22.3 Å². The molecule has 0 amide bonds. The van der Waals surface area contributed by atoms with Crippen LogP contribution >= 0.6 is 0 Å². The van der Waals surface area contributed by atoms with Crippen molar-refractivity contribution in [2.75, 3.05) is 0 Å². The number of hydrogen-bond acceptors (Lipinski definition) is 4. The lowest BCUT2D eigenvalue weighted by molar-refractivity contribution is 0.567. The maximum Gasteiger partial charge on any atom is 0.178 e. The molecule has 0 bridgehead atoms. The normalized spacial score (nSPS) is 12.7. The van der Waals surface area contributed by atoms with Crippen molar-refractivity contribution in [1.29, 1.82) is 0 Å². The van der Waals surface area contributed by atoms with E-state index in [-0.39, 0.29) is 5.41 Å². The fourth-order valence-electron chi connectivity index (χ4n) is 6.69. The largest absolute Gasteiger partial charge is 0.451 e. The van der Waals surface area contributed by atoms with Gasteiger partial charge in [-0.3, -0.25) is 0 Å². The smallest absolute Gasteiger partial charge is 0.178 e. The molecule has 0 aliphatic carbocycles. The molecule has 0 fully saturated rings. The van der Waals surface area contributed by atoms with Crippen LogP contribution in [0.1, 0.15) is 102 Å². The number of rotatable bonds is 5. The molecule has 0 spiro atoms. The molecule has 3 heterocycles. The van der Waals surface area contributed by atoms with Gasteiger partial charge in [0, 0.05) is 43.8 Å². The van der Waals surface area contributed by atoms with E-state index >= 15 is 0 Å². The first-order chi connectivity index (χ1) is 21.4. The zero-order valence-corrected chi connectivity index (χ0v) is 27.9. The Hall–Kier alpha value is -4.44. The molecule has 228 valence electrons. The van der Waals surface area contributed by atoms with Crippen LogP contribution in [0.2, 0.25) is 0 Å². The summed E-state index contributed by atoms with van der Waals surface area (Å²) in [5.41, 5.74) is 12.6. The number of furan rings is 2. The first-order valence-electron chi connectivity index (χ1n) is 16.2. The zero-order valence-electron chi connectivity index (χ0n) is 27.9. The molecule has 4 aromatic carbocycles. The van der Waals surface area contributed by atoms with Gasteiger partial charge in [0.15, 0.2) is 11.2 Å². The maximum absolute atomic E-state index is 6.92. The van der Waals surface area contributed by atoms with Gasteiger partial charge in [-0.05, 0) is 64.3 Å². The fraction of sp³-hybridized carbons (Fsp3) is 0.317. The molecule has 0 aliphatic rings. The van der Waals surface area contributed by atoms with E-state index in [0.29, 0.717) is 17.8 Å². The van der Waals surface area contributed by atoms with Gasteiger partial charge in [0.05, 0.1) is 5.69 Å². The highest BCUT2D eigenvalue weighted by Crippen LogP contribution is 2.46. The molecule has 4 nitrogen and oxygen atoms in total. The van der Waals surface area contributed by atoms with Crippen LogP contribution in [0.3, 0.4) is 0 Å². The summed E-state index contributed by atoms with van der Waals surface area (Å²) in [6.07, 6.45) is 1.65. The molecule has 0 saturated heterocycles. The van der Waals surface area contributed by atoms with Crippen LogP contribution in [0.5, 0.6) is 0 Å². The summed E-state index contributed by atoms with van der Waals surface area (Å²) >= 11 is 0. The summed E-state index contributed by atoms with van der Waals surface area (Å²) in [4.78, 5) is 9.20. The Labute approximate surface area is 265 Å². The summed E-state index contributed by atoms with van der Waals surface area (Å²) < 4.78 is 13.7. The zero-order chi connectivity index (χ0) is 31.8. The number of nitrogens with zero attached hydrogens (tertiary/aromatic N) is 2. The predicted octanol–water partition coefficient (Wildman–Crippen LogP) is 12.3. The van der Waals surface area contributed by atoms with Gasteiger partial charge in [-0.2, -0.15) is 0 Å². The molecule has 7 rings (SSSR count). The average molecular weight is 595 g/mol. The van der Waals surface area contributed by atoms with Gasteiger partial charge >= 0.3 is 0 Å². The summed E-state index contributed by atoms with van der Waals surface area (Å²) in [5.74, 6) is 1.21. The summed E-state index contributed by atoms with van der Waals surface area (Å²) in [6, 6.07) is 24.1. The monoisotopic (exact) mass is 594 g/mol. The number of fused-ring (bicyclic) bond motifs is 7. The predicted molar refractivity (Wildman–Crippen MR) is 188 cm³/mol. The van der Waals surface area contributed by atoms with Crippen LogP contribution in [0.4, 0.5) is 0 Å². The van der Waals surface area contributed by atoms with Crippen LogP contribution in [0.25, 0.3) is 66.3 Å². The quantitative estimate of drug-likeness (QED) is 0.199. The van der Waals surface area contributed by atoms with Gasteiger partial charge in [0.1, 0.15) is 17.5 Å². The highest BCUT2D eigenvalue weighted by molar-refractivity contribution is 6.21.